The number of benzene rings is 1. The zero-order valence-corrected chi connectivity index (χ0v) is 10.2. The number of hydrogen-bond donors (Lipinski definition) is 1. The third-order valence-electron chi connectivity index (χ3n) is 3.11. The average molecular weight is 236 g/mol. The molecule has 0 bridgehead atoms. The highest BCUT2D eigenvalue weighted by atomic mass is 32.2. The lowest BCUT2D eigenvalue weighted by molar-refractivity contribution is -0.136. The molecule has 0 spiro atoms. The summed E-state index contributed by atoms with van der Waals surface area (Å²) in [5.74, 6) is 0.816. The Labute approximate surface area is 100 Å². The van der Waals surface area contributed by atoms with Crippen molar-refractivity contribution in [3.8, 4) is 0 Å². The van der Waals surface area contributed by atoms with Crippen LogP contribution in [0.5, 0.6) is 0 Å². The first-order valence-electron chi connectivity index (χ1n) is 5.64. The lowest BCUT2D eigenvalue weighted by Gasteiger charge is -2.30. The fourth-order valence-electron chi connectivity index (χ4n) is 2.11. The van der Waals surface area contributed by atoms with Gasteiger partial charge in [-0.25, -0.2) is 0 Å². The molecule has 16 heavy (non-hydrogen) atoms. The second-order valence-electron chi connectivity index (χ2n) is 4.17. The molecule has 0 radical (unpaired) electrons. The molecule has 2 unspecified atom stereocenters. The first-order valence-corrected chi connectivity index (χ1v) is 6.69. The largest absolute Gasteiger partial charge is 0.480 e. The molecule has 0 heterocycles. The Bertz CT molecular complexity index is 389. The summed E-state index contributed by atoms with van der Waals surface area (Å²) in [6, 6.07) is 8.44. The standard InChI is InChI=1S/C13H16O2S/c1-2-12(13(14)15)16-8-10-7-9-5-3-4-6-11(9)10/h3-6,10,12H,2,7-8H2,1H3,(H,14,15). The minimum atomic E-state index is -0.680. The molecular weight excluding hydrogens is 220 g/mol. The topological polar surface area (TPSA) is 37.3 Å². The maximum absolute atomic E-state index is 10.9. The summed E-state index contributed by atoms with van der Waals surface area (Å²) in [5, 5.41) is 8.71. The molecular formula is C13H16O2S. The Morgan fingerprint density at radius 2 is 2.31 bits per heavy atom. The molecule has 1 N–H and O–H groups in total. The van der Waals surface area contributed by atoms with E-state index in [-0.39, 0.29) is 5.25 Å². The van der Waals surface area contributed by atoms with Gasteiger partial charge in [0.1, 0.15) is 5.25 Å². The third kappa shape index (κ3) is 2.24. The summed E-state index contributed by atoms with van der Waals surface area (Å²) in [6.45, 7) is 1.93. The molecule has 0 aromatic heterocycles. The number of rotatable bonds is 5. The van der Waals surface area contributed by atoms with Crippen LogP contribution in [0.3, 0.4) is 0 Å². The van der Waals surface area contributed by atoms with Gasteiger partial charge in [-0.3, -0.25) is 4.79 Å². The van der Waals surface area contributed by atoms with E-state index in [2.05, 4.69) is 24.3 Å². The number of carboxylic acids is 1. The second-order valence-corrected chi connectivity index (χ2v) is 5.40. The smallest absolute Gasteiger partial charge is 0.316 e. The van der Waals surface area contributed by atoms with Gasteiger partial charge in [-0.1, -0.05) is 31.2 Å². The lowest BCUT2D eigenvalue weighted by atomic mass is 9.79. The van der Waals surface area contributed by atoms with Crippen LogP contribution in [0.1, 0.15) is 30.4 Å². The second kappa shape index (κ2) is 4.91. The number of hydrogen-bond acceptors (Lipinski definition) is 2. The molecule has 0 saturated carbocycles. The summed E-state index contributed by atoms with van der Waals surface area (Å²) in [6.07, 6.45) is 1.81. The van der Waals surface area contributed by atoms with Crippen molar-refractivity contribution in [2.75, 3.05) is 5.75 Å². The summed E-state index contributed by atoms with van der Waals surface area (Å²) >= 11 is 1.58. The number of carboxylic acid groups (broad SMARTS) is 1. The van der Waals surface area contributed by atoms with Crippen molar-refractivity contribution in [3.63, 3.8) is 0 Å². The van der Waals surface area contributed by atoms with Crippen LogP contribution in [0.4, 0.5) is 0 Å². The van der Waals surface area contributed by atoms with Crippen molar-refractivity contribution in [3.05, 3.63) is 35.4 Å². The summed E-state index contributed by atoms with van der Waals surface area (Å²) < 4.78 is 0. The van der Waals surface area contributed by atoms with E-state index in [1.807, 2.05) is 6.92 Å². The Morgan fingerprint density at radius 3 is 2.94 bits per heavy atom. The van der Waals surface area contributed by atoms with E-state index < -0.39 is 5.97 Å². The molecule has 1 aromatic carbocycles. The number of fused-ring (bicyclic) bond motifs is 1. The third-order valence-corrected chi connectivity index (χ3v) is 4.64. The van der Waals surface area contributed by atoms with Crippen LogP contribution in [-0.4, -0.2) is 22.1 Å². The SMILES string of the molecule is CCC(SCC1Cc2ccccc21)C(=O)O. The van der Waals surface area contributed by atoms with Crippen LogP contribution < -0.4 is 0 Å². The van der Waals surface area contributed by atoms with Crippen molar-refractivity contribution in [1.29, 1.82) is 0 Å². The molecule has 0 saturated heterocycles. The molecule has 1 aliphatic carbocycles. The first kappa shape index (κ1) is 11.5. The molecule has 3 heteroatoms. The van der Waals surface area contributed by atoms with E-state index >= 15 is 0 Å². The summed E-state index contributed by atoms with van der Waals surface area (Å²) in [4.78, 5) is 10.9. The van der Waals surface area contributed by atoms with Gasteiger partial charge in [0.2, 0.25) is 0 Å². The molecule has 2 rings (SSSR count). The van der Waals surface area contributed by atoms with Gasteiger partial charge in [-0.05, 0) is 29.9 Å². The first-order chi connectivity index (χ1) is 7.72. The molecule has 0 fully saturated rings. The Morgan fingerprint density at radius 1 is 1.56 bits per heavy atom. The molecule has 1 aliphatic rings. The van der Waals surface area contributed by atoms with Gasteiger partial charge >= 0.3 is 5.97 Å². The minimum absolute atomic E-state index is 0.243. The van der Waals surface area contributed by atoms with Gasteiger partial charge in [0.25, 0.3) is 0 Å². The van der Waals surface area contributed by atoms with Gasteiger partial charge in [0.05, 0.1) is 0 Å². The number of carbonyl (C=O) groups is 1. The van der Waals surface area contributed by atoms with Gasteiger partial charge in [-0.15, -0.1) is 11.8 Å². The van der Waals surface area contributed by atoms with Crippen molar-refractivity contribution >= 4 is 17.7 Å². The van der Waals surface area contributed by atoms with Crippen LogP contribution in [0.15, 0.2) is 24.3 Å². The Kier molecular flexibility index (Phi) is 3.54. The molecule has 86 valence electrons. The van der Waals surface area contributed by atoms with E-state index in [0.717, 1.165) is 12.2 Å². The van der Waals surface area contributed by atoms with Crippen LogP contribution >= 0.6 is 11.8 Å². The van der Waals surface area contributed by atoms with Crippen molar-refractivity contribution < 1.29 is 9.90 Å². The van der Waals surface area contributed by atoms with Crippen LogP contribution in [0, 0.1) is 0 Å². The van der Waals surface area contributed by atoms with Crippen molar-refractivity contribution in [2.45, 2.75) is 30.9 Å². The predicted octanol–water partition coefficient (Wildman–Crippen LogP) is 2.92. The van der Waals surface area contributed by atoms with Crippen LogP contribution in [0.2, 0.25) is 0 Å². The molecule has 2 nitrogen and oxygen atoms in total. The van der Waals surface area contributed by atoms with E-state index in [1.165, 1.54) is 11.1 Å². The van der Waals surface area contributed by atoms with E-state index in [9.17, 15) is 4.79 Å². The molecule has 1 aromatic rings. The van der Waals surface area contributed by atoms with Crippen molar-refractivity contribution in [2.24, 2.45) is 0 Å². The summed E-state index contributed by atoms with van der Waals surface area (Å²) in [7, 11) is 0. The molecule has 2 atom stereocenters. The lowest BCUT2D eigenvalue weighted by Crippen LogP contribution is -2.22. The van der Waals surface area contributed by atoms with Gasteiger partial charge < -0.3 is 5.11 Å². The fourth-order valence-corrected chi connectivity index (χ4v) is 3.25. The summed E-state index contributed by atoms with van der Waals surface area (Å²) in [5.41, 5.74) is 2.84. The van der Waals surface area contributed by atoms with Gasteiger partial charge in [-0.2, -0.15) is 0 Å². The number of aliphatic carboxylic acids is 1. The predicted molar refractivity (Wildman–Crippen MR) is 67.1 cm³/mol. The molecule has 0 aliphatic heterocycles. The monoisotopic (exact) mass is 236 g/mol. The van der Waals surface area contributed by atoms with Gasteiger partial charge in [0.15, 0.2) is 0 Å². The maximum Gasteiger partial charge on any atom is 0.316 e. The quantitative estimate of drug-likeness (QED) is 0.854. The highest BCUT2D eigenvalue weighted by molar-refractivity contribution is 8.00. The van der Waals surface area contributed by atoms with Crippen molar-refractivity contribution in [1.82, 2.24) is 0 Å². The minimum Gasteiger partial charge on any atom is -0.480 e. The average Bonchev–Trinajstić information content (AvgIpc) is 2.24. The van der Waals surface area contributed by atoms with E-state index in [0.29, 0.717) is 12.3 Å². The van der Waals surface area contributed by atoms with E-state index in [4.69, 9.17) is 5.11 Å². The van der Waals surface area contributed by atoms with E-state index in [1.54, 1.807) is 11.8 Å². The van der Waals surface area contributed by atoms with Crippen LogP contribution in [0.25, 0.3) is 0 Å². The zero-order chi connectivity index (χ0) is 11.5. The fraction of sp³-hybridized carbons (Fsp3) is 0.462. The van der Waals surface area contributed by atoms with Gasteiger partial charge in [0, 0.05) is 5.75 Å². The normalized spacial score (nSPS) is 19.7. The van der Waals surface area contributed by atoms with Crippen LogP contribution in [-0.2, 0) is 11.2 Å². The highest BCUT2D eigenvalue weighted by Gasteiger charge is 2.27. The molecule has 0 amide bonds. The zero-order valence-electron chi connectivity index (χ0n) is 9.35. The Hall–Kier alpha value is -0.960. The number of thioether (sulfide) groups is 1. The maximum atomic E-state index is 10.9. The highest BCUT2D eigenvalue weighted by Crippen LogP contribution is 2.38. The Balaban J connectivity index is 1.88.